The predicted molar refractivity (Wildman–Crippen MR) is 130 cm³/mol. The summed E-state index contributed by atoms with van der Waals surface area (Å²) in [5.41, 5.74) is 9.16. The molecule has 1 aromatic heterocycles. The third-order valence-corrected chi connectivity index (χ3v) is 4.91. The van der Waals surface area contributed by atoms with Crippen molar-refractivity contribution in [2.75, 3.05) is 11.1 Å². The quantitative estimate of drug-likeness (QED) is 0.462. The number of nitrogens with zero attached hydrogens (tertiary/aromatic N) is 1. The molecule has 5 N–H and O–H groups in total. The van der Waals surface area contributed by atoms with Gasteiger partial charge in [-0.3, -0.25) is 9.59 Å². The number of aromatic nitrogens is 1. The van der Waals surface area contributed by atoms with Crippen LogP contribution in [0.4, 0.5) is 11.5 Å². The van der Waals surface area contributed by atoms with Gasteiger partial charge in [-0.15, -0.1) is 0 Å². The first-order chi connectivity index (χ1) is 15.0. The molecule has 0 saturated carbocycles. The lowest BCUT2D eigenvalue weighted by atomic mass is 10.0. The molecule has 2 amide bonds. The van der Waals surface area contributed by atoms with E-state index >= 15 is 0 Å². The number of carbonyl (C=O) groups is 2. The fourth-order valence-corrected chi connectivity index (χ4v) is 3.32. The van der Waals surface area contributed by atoms with Crippen LogP contribution in [-0.4, -0.2) is 34.1 Å². The molecule has 0 fully saturated rings. The molecule has 32 heavy (non-hydrogen) atoms. The van der Waals surface area contributed by atoms with E-state index in [9.17, 15) is 14.7 Å². The fourth-order valence-electron chi connectivity index (χ4n) is 3.03. The molecule has 1 atom stereocenters. The number of nitrogen functional groups attached to an aromatic ring is 1. The molecule has 170 valence electrons. The normalized spacial score (nSPS) is 12.0. The molecule has 8 heteroatoms. The number of pyridine rings is 1. The molecule has 0 radical (unpaired) electrons. The lowest BCUT2D eigenvalue weighted by Gasteiger charge is -2.15. The number of allylic oxidation sites excluding steroid dienone is 2. The maximum absolute atomic E-state index is 12.5. The number of aliphatic hydroxyl groups is 1. The summed E-state index contributed by atoms with van der Waals surface area (Å²) < 4.78 is 0. The van der Waals surface area contributed by atoms with Gasteiger partial charge in [0.2, 0.25) is 0 Å². The molecule has 2 aromatic rings. The second kappa shape index (κ2) is 10.9. The molecule has 1 heterocycles. The molecule has 1 aromatic carbocycles. The Bertz CT molecular complexity index is 1070. The lowest BCUT2D eigenvalue weighted by molar-refractivity contribution is -0.122. The van der Waals surface area contributed by atoms with E-state index in [1.165, 1.54) is 6.20 Å². The zero-order chi connectivity index (χ0) is 24.0. The van der Waals surface area contributed by atoms with Crippen molar-refractivity contribution in [3.63, 3.8) is 0 Å². The van der Waals surface area contributed by atoms with Gasteiger partial charge in [-0.2, -0.15) is 0 Å². The average molecular weight is 457 g/mol. The number of halogens is 1. The Balaban J connectivity index is 2.29. The second-order valence-corrected chi connectivity index (χ2v) is 8.23. The van der Waals surface area contributed by atoms with Crippen molar-refractivity contribution in [3.8, 4) is 11.1 Å². The van der Waals surface area contributed by atoms with E-state index in [0.29, 0.717) is 27.4 Å². The van der Waals surface area contributed by atoms with Crippen LogP contribution in [0.15, 0.2) is 53.8 Å². The first-order valence-corrected chi connectivity index (χ1v) is 10.6. The van der Waals surface area contributed by atoms with Crippen LogP contribution in [0.25, 0.3) is 11.1 Å². The highest BCUT2D eigenvalue weighted by Gasteiger charge is 2.20. The van der Waals surface area contributed by atoms with E-state index in [0.717, 1.165) is 5.57 Å². The van der Waals surface area contributed by atoms with Gasteiger partial charge in [0.05, 0.1) is 10.6 Å². The molecule has 0 bridgehead atoms. The number of benzene rings is 1. The predicted octanol–water partition coefficient (Wildman–Crippen LogP) is 4.33. The van der Waals surface area contributed by atoms with Crippen LogP contribution < -0.4 is 16.4 Å². The summed E-state index contributed by atoms with van der Waals surface area (Å²) in [5, 5.41) is 16.2. The summed E-state index contributed by atoms with van der Waals surface area (Å²) >= 11 is 6.45. The van der Waals surface area contributed by atoms with Crippen molar-refractivity contribution in [3.05, 3.63) is 64.3 Å². The number of hydrogen-bond acceptors (Lipinski definition) is 5. The average Bonchev–Trinajstić information content (AvgIpc) is 2.71. The number of amides is 2. The van der Waals surface area contributed by atoms with E-state index in [4.69, 9.17) is 17.3 Å². The number of hydrogen-bond donors (Lipinski definition) is 4. The van der Waals surface area contributed by atoms with Crippen molar-refractivity contribution in [2.24, 2.45) is 0 Å². The van der Waals surface area contributed by atoms with Crippen LogP contribution in [0.5, 0.6) is 0 Å². The van der Waals surface area contributed by atoms with Gasteiger partial charge in [-0.05, 0) is 58.4 Å². The maximum atomic E-state index is 12.5. The van der Waals surface area contributed by atoms with Gasteiger partial charge in [0.1, 0.15) is 5.82 Å². The van der Waals surface area contributed by atoms with Crippen LogP contribution in [-0.2, 0) is 4.79 Å². The first-order valence-electron chi connectivity index (χ1n) is 10.2. The van der Waals surface area contributed by atoms with Crippen LogP contribution in [0.1, 0.15) is 45.0 Å². The fraction of sp³-hybridized carbons (Fsp3) is 0.292. The van der Waals surface area contributed by atoms with Gasteiger partial charge in [0.15, 0.2) is 6.10 Å². The number of rotatable bonds is 7. The standard InChI is InChI=1S/C24H29ClN4O3/c1-6-7-17(13(2)3)21(30)24(32)29-16-8-9-18(20(25)11-16)15-10-19(22(26)27-12-15)23(31)28-14(4)5/h6-12,14,21,30H,1-5H3,(H2,26,27)(H,28,31)(H,29,32)/b7-6-. The molecular weight excluding hydrogens is 428 g/mol. The van der Waals surface area contributed by atoms with Gasteiger partial charge in [0, 0.05) is 29.1 Å². The third-order valence-electron chi connectivity index (χ3n) is 4.60. The van der Waals surface area contributed by atoms with E-state index in [1.54, 1.807) is 36.4 Å². The minimum Gasteiger partial charge on any atom is -0.383 e. The molecule has 0 aliphatic rings. The topological polar surface area (TPSA) is 117 Å². The molecule has 0 aliphatic heterocycles. The molecule has 0 spiro atoms. The molecule has 7 nitrogen and oxygen atoms in total. The Morgan fingerprint density at radius 1 is 1.22 bits per heavy atom. The van der Waals surface area contributed by atoms with Gasteiger partial charge in [0.25, 0.3) is 11.8 Å². The van der Waals surface area contributed by atoms with Crippen molar-refractivity contribution >= 4 is 34.9 Å². The number of carbonyl (C=O) groups excluding carboxylic acids is 2. The summed E-state index contributed by atoms with van der Waals surface area (Å²) in [6.45, 7) is 9.17. The minimum absolute atomic E-state index is 0.0490. The van der Waals surface area contributed by atoms with Crippen molar-refractivity contribution in [1.82, 2.24) is 10.3 Å². The summed E-state index contributed by atoms with van der Waals surface area (Å²) in [5.74, 6) is -0.765. The highest BCUT2D eigenvalue weighted by molar-refractivity contribution is 6.33. The minimum atomic E-state index is -1.31. The summed E-state index contributed by atoms with van der Waals surface area (Å²) in [7, 11) is 0. The van der Waals surface area contributed by atoms with E-state index in [-0.39, 0.29) is 23.3 Å². The van der Waals surface area contributed by atoms with E-state index < -0.39 is 12.0 Å². The van der Waals surface area contributed by atoms with E-state index in [2.05, 4.69) is 15.6 Å². The molecule has 0 saturated heterocycles. The zero-order valence-corrected chi connectivity index (χ0v) is 19.6. The van der Waals surface area contributed by atoms with E-state index in [1.807, 2.05) is 34.6 Å². The highest BCUT2D eigenvalue weighted by atomic mass is 35.5. The Kier molecular flexibility index (Phi) is 8.57. The van der Waals surface area contributed by atoms with Crippen molar-refractivity contribution < 1.29 is 14.7 Å². The number of nitrogens with two attached hydrogens (primary N) is 1. The maximum Gasteiger partial charge on any atom is 0.257 e. The zero-order valence-electron chi connectivity index (χ0n) is 18.9. The Labute approximate surface area is 193 Å². The van der Waals surface area contributed by atoms with Crippen molar-refractivity contribution in [2.45, 2.75) is 46.8 Å². The molecule has 0 aliphatic carbocycles. The second-order valence-electron chi connectivity index (χ2n) is 7.83. The van der Waals surface area contributed by atoms with Crippen LogP contribution in [0.2, 0.25) is 5.02 Å². The summed E-state index contributed by atoms with van der Waals surface area (Å²) in [6, 6.07) is 6.51. The van der Waals surface area contributed by atoms with Gasteiger partial charge >= 0.3 is 0 Å². The third kappa shape index (κ3) is 6.18. The van der Waals surface area contributed by atoms with Gasteiger partial charge in [-0.1, -0.05) is 35.4 Å². The van der Waals surface area contributed by atoms with Gasteiger partial charge in [-0.25, -0.2) is 4.98 Å². The Morgan fingerprint density at radius 2 is 1.91 bits per heavy atom. The van der Waals surface area contributed by atoms with Gasteiger partial charge < -0.3 is 21.5 Å². The molecular formula is C24H29ClN4O3. The monoisotopic (exact) mass is 456 g/mol. The SMILES string of the molecule is C/C=C\C(=C(C)C)C(O)C(=O)Nc1ccc(-c2cnc(N)c(C(=O)NC(C)C)c2)c(Cl)c1. The van der Waals surface area contributed by atoms with Crippen LogP contribution in [0, 0.1) is 0 Å². The molecule has 1 unspecified atom stereocenters. The smallest absolute Gasteiger partial charge is 0.257 e. The number of aliphatic hydroxyl groups excluding tert-OH is 1. The Morgan fingerprint density at radius 3 is 2.47 bits per heavy atom. The number of anilines is 2. The van der Waals surface area contributed by atoms with Crippen LogP contribution in [0.3, 0.4) is 0 Å². The first kappa shape index (κ1) is 25.1. The summed E-state index contributed by atoms with van der Waals surface area (Å²) in [6.07, 6.45) is 3.69. The Hall–Kier alpha value is -3.16. The van der Waals surface area contributed by atoms with Crippen LogP contribution >= 0.6 is 11.6 Å². The number of nitrogens with one attached hydrogen (secondary N) is 2. The van der Waals surface area contributed by atoms with Crippen molar-refractivity contribution in [1.29, 1.82) is 0 Å². The largest absolute Gasteiger partial charge is 0.383 e. The lowest BCUT2D eigenvalue weighted by Crippen LogP contribution is -2.30. The molecule has 2 rings (SSSR count). The summed E-state index contributed by atoms with van der Waals surface area (Å²) in [4.78, 5) is 29.0. The highest BCUT2D eigenvalue weighted by Crippen LogP contribution is 2.31.